The molecule has 2 aromatic carbocycles. The average Bonchev–Trinajstić information content (AvgIpc) is 3.31. The molecule has 8 heteroatoms. The van der Waals surface area contributed by atoms with Crippen molar-refractivity contribution in [1.82, 2.24) is 15.1 Å². The molecule has 1 aliphatic rings. The van der Waals surface area contributed by atoms with Gasteiger partial charge in [-0.25, -0.2) is 4.79 Å². The maximum absolute atomic E-state index is 12.7. The van der Waals surface area contributed by atoms with E-state index in [0.29, 0.717) is 12.3 Å². The summed E-state index contributed by atoms with van der Waals surface area (Å²) < 4.78 is 10.5. The summed E-state index contributed by atoms with van der Waals surface area (Å²) in [6.45, 7) is 1.87. The SMILES string of the molecule is CCc1nnc(COC(=O)c2ccc3c(c2)C(=O)N(Cc2ccccc2)C3=O)o1. The topological polar surface area (TPSA) is 103 Å². The predicted molar refractivity (Wildman–Crippen MR) is 99.9 cm³/mol. The minimum absolute atomic E-state index is 0.168. The highest BCUT2D eigenvalue weighted by Gasteiger charge is 2.36. The van der Waals surface area contributed by atoms with Crippen LogP contribution in [0.25, 0.3) is 0 Å². The Morgan fingerprint density at radius 3 is 2.45 bits per heavy atom. The molecule has 2 heterocycles. The molecule has 4 rings (SSSR count). The molecule has 0 saturated carbocycles. The molecule has 3 aromatic rings. The third kappa shape index (κ3) is 3.64. The summed E-state index contributed by atoms with van der Waals surface area (Å²) in [5.74, 6) is -0.821. The van der Waals surface area contributed by atoms with Crippen molar-refractivity contribution in [2.45, 2.75) is 26.5 Å². The molecule has 0 N–H and O–H groups in total. The Morgan fingerprint density at radius 1 is 1.00 bits per heavy atom. The van der Waals surface area contributed by atoms with Gasteiger partial charge >= 0.3 is 5.97 Å². The quantitative estimate of drug-likeness (QED) is 0.470. The minimum atomic E-state index is -0.647. The van der Waals surface area contributed by atoms with Crippen LogP contribution >= 0.6 is 0 Å². The summed E-state index contributed by atoms with van der Waals surface area (Å²) in [5.41, 5.74) is 1.47. The minimum Gasteiger partial charge on any atom is -0.452 e. The lowest BCUT2D eigenvalue weighted by Crippen LogP contribution is -2.29. The number of nitrogens with zero attached hydrogens (tertiary/aromatic N) is 3. The van der Waals surface area contributed by atoms with Gasteiger partial charge in [-0.2, -0.15) is 0 Å². The second-order valence-corrected chi connectivity index (χ2v) is 6.46. The molecule has 8 nitrogen and oxygen atoms in total. The lowest BCUT2D eigenvalue weighted by atomic mass is 10.1. The van der Waals surface area contributed by atoms with Crippen LogP contribution < -0.4 is 0 Å². The number of imide groups is 1. The molecule has 0 spiro atoms. The zero-order valence-electron chi connectivity index (χ0n) is 15.6. The van der Waals surface area contributed by atoms with Gasteiger partial charge in [0.25, 0.3) is 17.7 Å². The summed E-state index contributed by atoms with van der Waals surface area (Å²) in [7, 11) is 0. The summed E-state index contributed by atoms with van der Waals surface area (Å²) in [6, 6.07) is 13.5. The summed E-state index contributed by atoms with van der Waals surface area (Å²) >= 11 is 0. The number of benzene rings is 2. The smallest absolute Gasteiger partial charge is 0.338 e. The number of rotatable bonds is 6. The summed E-state index contributed by atoms with van der Waals surface area (Å²) in [5, 5.41) is 7.58. The van der Waals surface area contributed by atoms with E-state index in [4.69, 9.17) is 9.15 Å². The Kier molecular flexibility index (Phi) is 4.90. The third-order valence-electron chi connectivity index (χ3n) is 4.53. The number of fused-ring (bicyclic) bond motifs is 1. The van der Waals surface area contributed by atoms with Crippen LogP contribution in [0, 0.1) is 0 Å². The Hall–Kier alpha value is -3.81. The Bertz CT molecular complexity index is 1090. The van der Waals surface area contributed by atoms with Crippen LogP contribution in [0.1, 0.15) is 55.3 Å². The van der Waals surface area contributed by atoms with Gasteiger partial charge < -0.3 is 9.15 Å². The summed E-state index contributed by atoms with van der Waals surface area (Å²) in [4.78, 5) is 38.8. The highest BCUT2D eigenvalue weighted by atomic mass is 16.5. The molecule has 0 unspecified atom stereocenters. The van der Waals surface area contributed by atoms with Crippen molar-refractivity contribution >= 4 is 17.8 Å². The lowest BCUT2D eigenvalue weighted by Gasteiger charge is -2.13. The van der Waals surface area contributed by atoms with E-state index in [-0.39, 0.29) is 41.6 Å². The molecular formula is C21H17N3O5. The van der Waals surface area contributed by atoms with Gasteiger partial charge in [-0.05, 0) is 23.8 Å². The Balaban J connectivity index is 1.48. The van der Waals surface area contributed by atoms with Crippen molar-refractivity contribution < 1.29 is 23.5 Å². The number of carbonyl (C=O) groups is 3. The van der Waals surface area contributed by atoms with E-state index in [1.165, 1.54) is 23.1 Å². The number of aryl methyl sites for hydroxylation is 1. The average molecular weight is 391 g/mol. The van der Waals surface area contributed by atoms with E-state index in [1.54, 1.807) is 0 Å². The van der Waals surface area contributed by atoms with Gasteiger partial charge in [0.15, 0.2) is 6.61 Å². The van der Waals surface area contributed by atoms with E-state index in [2.05, 4.69) is 10.2 Å². The van der Waals surface area contributed by atoms with Crippen LogP contribution in [0.3, 0.4) is 0 Å². The number of carbonyl (C=O) groups excluding carboxylic acids is 3. The lowest BCUT2D eigenvalue weighted by molar-refractivity contribution is 0.0436. The van der Waals surface area contributed by atoms with Crippen molar-refractivity contribution in [3.63, 3.8) is 0 Å². The molecular weight excluding hydrogens is 374 g/mol. The molecule has 0 aliphatic carbocycles. The number of esters is 1. The van der Waals surface area contributed by atoms with Gasteiger partial charge in [0.2, 0.25) is 5.89 Å². The van der Waals surface area contributed by atoms with Gasteiger partial charge in [-0.1, -0.05) is 37.3 Å². The van der Waals surface area contributed by atoms with Crippen LogP contribution in [0.5, 0.6) is 0 Å². The fourth-order valence-electron chi connectivity index (χ4n) is 3.03. The van der Waals surface area contributed by atoms with Gasteiger partial charge in [0.05, 0.1) is 23.2 Å². The van der Waals surface area contributed by atoms with Crippen molar-refractivity contribution in [3.8, 4) is 0 Å². The van der Waals surface area contributed by atoms with Crippen LogP contribution in [0.2, 0.25) is 0 Å². The Labute approximate surface area is 166 Å². The first-order valence-electron chi connectivity index (χ1n) is 9.09. The number of hydrogen-bond acceptors (Lipinski definition) is 7. The zero-order chi connectivity index (χ0) is 20.4. The molecule has 0 fully saturated rings. The largest absolute Gasteiger partial charge is 0.452 e. The zero-order valence-corrected chi connectivity index (χ0v) is 15.6. The number of amides is 2. The molecule has 0 radical (unpaired) electrons. The van der Waals surface area contributed by atoms with Gasteiger partial charge in [0, 0.05) is 6.42 Å². The van der Waals surface area contributed by atoms with Crippen LogP contribution in [0.15, 0.2) is 52.9 Å². The van der Waals surface area contributed by atoms with Crippen molar-refractivity contribution in [2.75, 3.05) is 0 Å². The third-order valence-corrected chi connectivity index (χ3v) is 4.53. The normalized spacial score (nSPS) is 12.9. The monoisotopic (exact) mass is 391 g/mol. The molecule has 1 aliphatic heterocycles. The highest BCUT2D eigenvalue weighted by Crippen LogP contribution is 2.26. The molecule has 0 bridgehead atoms. The van der Waals surface area contributed by atoms with E-state index < -0.39 is 11.9 Å². The van der Waals surface area contributed by atoms with Gasteiger partial charge in [-0.15, -0.1) is 10.2 Å². The highest BCUT2D eigenvalue weighted by molar-refractivity contribution is 6.21. The van der Waals surface area contributed by atoms with Gasteiger partial charge in [0.1, 0.15) is 0 Å². The van der Waals surface area contributed by atoms with Crippen molar-refractivity contribution in [2.24, 2.45) is 0 Å². The molecule has 2 amide bonds. The summed E-state index contributed by atoms with van der Waals surface area (Å²) in [6.07, 6.45) is 0.585. The number of hydrogen-bond donors (Lipinski definition) is 0. The van der Waals surface area contributed by atoms with E-state index >= 15 is 0 Å². The molecule has 146 valence electrons. The fraction of sp³-hybridized carbons (Fsp3) is 0.190. The van der Waals surface area contributed by atoms with Crippen molar-refractivity contribution in [1.29, 1.82) is 0 Å². The molecule has 1 aromatic heterocycles. The predicted octanol–water partition coefficient (Wildman–Crippen LogP) is 2.79. The van der Waals surface area contributed by atoms with Gasteiger partial charge in [-0.3, -0.25) is 14.5 Å². The second kappa shape index (κ2) is 7.67. The first-order valence-corrected chi connectivity index (χ1v) is 9.09. The number of aromatic nitrogens is 2. The van der Waals surface area contributed by atoms with Crippen LogP contribution in [-0.2, 0) is 24.3 Å². The van der Waals surface area contributed by atoms with Crippen LogP contribution in [-0.4, -0.2) is 32.9 Å². The van der Waals surface area contributed by atoms with Crippen LogP contribution in [0.4, 0.5) is 0 Å². The maximum Gasteiger partial charge on any atom is 0.338 e. The number of ether oxygens (including phenoxy) is 1. The van der Waals surface area contributed by atoms with E-state index in [0.717, 1.165) is 5.56 Å². The first kappa shape index (κ1) is 18.5. The standard InChI is InChI=1S/C21H17N3O5/c1-2-17-22-23-18(29-17)12-28-21(27)14-8-9-15-16(10-14)20(26)24(19(15)25)11-13-6-4-3-5-7-13/h3-10H,2,11-12H2,1H3. The maximum atomic E-state index is 12.7. The van der Waals surface area contributed by atoms with E-state index in [1.807, 2.05) is 37.3 Å². The Morgan fingerprint density at radius 2 is 1.72 bits per heavy atom. The second-order valence-electron chi connectivity index (χ2n) is 6.46. The first-order chi connectivity index (χ1) is 14.1. The molecule has 0 atom stereocenters. The molecule has 0 saturated heterocycles. The molecule has 29 heavy (non-hydrogen) atoms. The van der Waals surface area contributed by atoms with Crippen molar-refractivity contribution in [3.05, 3.63) is 82.6 Å². The fourth-order valence-corrected chi connectivity index (χ4v) is 3.03. The van der Waals surface area contributed by atoms with E-state index in [9.17, 15) is 14.4 Å².